The van der Waals surface area contributed by atoms with Gasteiger partial charge < -0.3 is 5.32 Å². The van der Waals surface area contributed by atoms with E-state index in [9.17, 15) is 9.18 Å². The third-order valence-corrected chi connectivity index (χ3v) is 5.29. The van der Waals surface area contributed by atoms with Crippen LogP contribution in [0.3, 0.4) is 0 Å². The Kier molecular flexibility index (Phi) is 5.01. The first kappa shape index (κ1) is 16.1. The zero-order valence-electron chi connectivity index (χ0n) is 12.9. The number of hydrogen-bond donors (Lipinski definition) is 1. The fraction of sp³-hybridized carbons (Fsp3) is 0.316. The van der Waals surface area contributed by atoms with Gasteiger partial charge >= 0.3 is 0 Å². The number of amides is 1. The Bertz CT molecular complexity index is 653. The zero-order valence-corrected chi connectivity index (χ0v) is 13.7. The standard InChI is InChI=1S/C19H20FNOS/c20-16-8-6-15(7-9-16)19(11-12-19)14-21-18(22)10-13-23-17-4-2-1-3-5-17/h1-9H,10-14H2,(H,21,22). The van der Waals surface area contributed by atoms with E-state index in [-0.39, 0.29) is 17.1 Å². The summed E-state index contributed by atoms with van der Waals surface area (Å²) in [4.78, 5) is 13.2. The van der Waals surface area contributed by atoms with Crippen LogP contribution in [0.2, 0.25) is 0 Å². The maximum Gasteiger partial charge on any atom is 0.220 e. The fourth-order valence-corrected chi connectivity index (χ4v) is 3.53. The van der Waals surface area contributed by atoms with Crippen molar-refractivity contribution in [1.82, 2.24) is 5.32 Å². The van der Waals surface area contributed by atoms with E-state index < -0.39 is 0 Å². The third-order valence-electron chi connectivity index (χ3n) is 4.28. The van der Waals surface area contributed by atoms with Crippen molar-refractivity contribution in [2.45, 2.75) is 29.6 Å². The van der Waals surface area contributed by atoms with E-state index in [1.807, 2.05) is 30.3 Å². The Hall–Kier alpha value is -1.81. The lowest BCUT2D eigenvalue weighted by molar-refractivity contribution is -0.120. The summed E-state index contributed by atoms with van der Waals surface area (Å²) in [6.07, 6.45) is 2.62. The highest BCUT2D eigenvalue weighted by Gasteiger charge is 2.44. The van der Waals surface area contributed by atoms with Crippen molar-refractivity contribution in [3.63, 3.8) is 0 Å². The first-order chi connectivity index (χ1) is 11.2. The fourth-order valence-electron chi connectivity index (χ4n) is 2.66. The molecule has 1 aliphatic carbocycles. The summed E-state index contributed by atoms with van der Waals surface area (Å²) in [5.74, 6) is 0.646. The molecule has 0 bridgehead atoms. The maximum absolute atomic E-state index is 13.0. The molecule has 0 atom stereocenters. The van der Waals surface area contributed by atoms with E-state index in [0.717, 1.165) is 24.2 Å². The minimum atomic E-state index is -0.216. The summed E-state index contributed by atoms with van der Waals surface area (Å²) in [6.45, 7) is 0.646. The first-order valence-electron chi connectivity index (χ1n) is 7.89. The van der Waals surface area contributed by atoms with Crippen LogP contribution in [0.15, 0.2) is 59.5 Å². The van der Waals surface area contributed by atoms with Crippen molar-refractivity contribution < 1.29 is 9.18 Å². The Morgan fingerprint density at radius 3 is 2.43 bits per heavy atom. The molecule has 1 amide bonds. The molecule has 2 nitrogen and oxygen atoms in total. The largest absolute Gasteiger partial charge is 0.355 e. The van der Waals surface area contributed by atoms with E-state index in [4.69, 9.17) is 0 Å². The number of hydrogen-bond acceptors (Lipinski definition) is 2. The van der Waals surface area contributed by atoms with Crippen LogP contribution in [0.25, 0.3) is 0 Å². The van der Waals surface area contributed by atoms with Crippen molar-refractivity contribution in [2.24, 2.45) is 0 Å². The lowest BCUT2D eigenvalue weighted by Gasteiger charge is -2.16. The van der Waals surface area contributed by atoms with Crippen molar-refractivity contribution in [2.75, 3.05) is 12.3 Å². The molecule has 2 aromatic rings. The van der Waals surface area contributed by atoms with Crippen LogP contribution in [0.1, 0.15) is 24.8 Å². The SMILES string of the molecule is O=C(CCSc1ccccc1)NCC1(c2ccc(F)cc2)CC1. The molecule has 120 valence electrons. The Labute approximate surface area is 140 Å². The van der Waals surface area contributed by atoms with Crippen molar-refractivity contribution >= 4 is 17.7 Å². The second kappa shape index (κ2) is 7.18. The molecule has 1 fully saturated rings. The number of carbonyl (C=O) groups excluding carboxylic acids is 1. The molecule has 0 aromatic heterocycles. The molecule has 3 rings (SSSR count). The van der Waals surface area contributed by atoms with E-state index in [2.05, 4.69) is 17.4 Å². The van der Waals surface area contributed by atoms with Gasteiger partial charge in [0, 0.05) is 29.0 Å². The van der Waals surface area contributed by atoms with Gasteiger partial charge in [0.15, 0.2) is 0 Å². The zero-order chi connectivity index (χ0) is 16.1. The molecule has 4 heteroatoms. The van der Waals surface area contributed by atoms with E-state index in [1.165, 1.54) is 17.0 Å². The minimum Gasteiger partial charge on any atom is -0.355 e. The molecule has 0 saturated heterocycles. The predicted molar refractivity (Wildman–Crippen MR) is 92.1 cm³/mol. The van der Waals surface area contributed by atoms with Gasteiger partial charge in [-0.15, -0.1) is 11.8 Å². The van der Waals surface area contributed by atoms with Crippen molar-refractivity contribution in [3.05, 3.63) is 66.0 Å². The summed E-state index contributed by atoms with van der Waals surface area (Å²) in [6, 6.07) is 16.7. The molecule has 0 unspecified atom stereocenters. The first-order valence-corrected chi connectivity index (χ1v) is 8.87. The highest BCUT2D eigenvalue weighted by atomic mass is 32.2. The quantitative estimate of drug-likeness (QED) is 0.773. The average molecular weight is 329 g/mol. The number of nitrogens with one attached hydrogen (secondary N) is 1. The summed E-state index contributed by atoms with van der Waals surface area (Å²) in [7, 11) is 0. The van der Waals surface area contributed by atoms with Gasteiger partial charge in [-0.1, -0.05) is 30.3 Å². The maximum atomic E-state index is 13.0. The summed E-state index contributed by atoms with van der Waals surface area (Å²) < 4.78 is 13.0. The molecular weight excluding hydrogens is 309 g/mol. The Balaban J connectivity index is 1.43. The molecule has 2 aromatic carbocycles. The molecule has 0 spiro atoms. The van der Waals surface area contributed by atoms with Gasteiger partial charge in [-0.2, -0.15) is 0 Å². The number of halogens is 1. The topological polar surface area (TPSA) is 29.1 Å². The summed E-state index contributed by atoms with van der Waals surface area (Å²) in [5, 5.41) is 3.04. The van der Waals surface area contributed by atoms with Gasteiger partial charge in [-0.25, -0.2) is 4.39 Å². The van der Waals surface area contributed by atoms with Crippen LogP contribution >= 0.6 is 11.8 Å². The Morgan fingerprint density at radius 2 is 1.78 bits per heavy atom. The van der Waals surface area contributed by atoms with Crippen LogP contribution in [0.5, 0.6) is 0 Å². The van der Waals surface area contributed by atoms with Crippen LogP contribution in [-0.4, -0.2) is 18.2 Å². The minimum absolute atomic E-state index is 0.0237. The van der Waals surface area contributed by atoms with Gasteiger partial charge in [0.1, 0.15) is 5.82 Å². The van der Waals surface area contributed by atoms with Crippen LogP contribution in [-0.2, 0) is 10.2 Å². The normalized spacial score (nSPS) is 15.2. The molecular formula is C19H20FNOS. The van der Waals surface area contributed by atoms with Gasteiger partial charge in [0.05, 0.1) is 0 Å². The van der Waals surface area contributed by atoms with Gasteiger partial charge in [-0.05, 0) is 42.7 Å². The third kappa shape index (κ3) is 4.35. The van der Waals surface area contributed by atoms with Gasteiger partial charge in [0.2, 0.25) is 5.91 Å². The highest BCUT2D eigenvalue weighted by molar-refractivity contribution is 7.99. The van der Waals surface area contributed by atoms with Crippen molar-refractivity contribution in [1.29, 1.82) is 0 Å². The molecule has 1 aliphatic rings. The average Bonchev–Trinajstić information content (AvgIpc) is 3.36. The van der Waals surface area contributed by atoms with Crippen LogP contribution < -0.4 is 5.32 Å². The number of benzene rings is 2. The molecule has 1 saturated carbocycles. The highest BCUT2D eigenvalue weighted by Crippen LogP contribution is 2.47. The van der Waals surface area contributed by atoms with Crippen LogP contribution in [0.4, 0.5) is 4.39 Å². The smallest absolute Gasteiger partial charge is 0.220 e. The number of rotatable bonds is 7. The molecule has 0 radical (unpaired) electrons. The van der Waals surface area contributed by atoms with E-state index in [0.29, 0.717) is 13.0 Å². The predicted octanol–water partition coefficient (Wildman–Crippen LogP) is 4.16. The molecule has 1 N–H and O–H groups in total. The van der Waals surface area contributed by atoms with Crippen molar-refractivity contribution in [3.8, 4) is 0 Å². The molecule has 23 heavy (non-hydrogen) atoms. The monoisotopic (exact) mass is 329 g/mol. The van der Waals surface area contributed by atoms with Gasteiger partial charge in [0.25, 0.3) is 0 Å². The lowest BCUT2D eigenvalue weighted by atomic mass is 9.96. The lowest BCUT2D eigenvalue weighted by Crippen LogP contribution is -2.32. The van der Waals surface area contributed by atoms with E-state index >= 15 is 0 Å². The molecule has 0 heterocycles. The van der Waals surface area contributed by atoms with E-state index in [1.54, 1.807) is 11.8 Å². The number of thioether (sulfide) groups is 1. The number of carbonyl (C=O) groups is 1. The molecule has 0 aliphatic heterocycles. The second-order valence-electron chi connectivity index (χ2n) is 5.98. The summed E-state index contributed by atoms with van der Waals surface area (Å²) in [5.41, 5.74) is 1.15. The van der Waals surface area contributed by atoms with Crippen LogP contribution in [0, 0.1) is 5.82 Å². The van der Waals surface area contributed by atoms with Gasteiger partial charge in [-0.3, -0.25) is 4.79 Å². The second-order valence-corrected chi connectivity index (χ2v) is 7.14. The summed E-state index contributed by atoms with van der Waals surface area (Å²) >= 11 is 1.69. The Morgan fingerprint density at radius 1 is 1.09 bits per heavy atom.